The Balaban J connectivity index is 1.01. The van der Waals surface area contributed by atoms with Crippen LogP contribution in [0.4, 0.5) is 0 Å². The van der Waals surface area contributed by atoms with Gasteiger partial charge in [0.25, 0.3) is 0 Å². The standard InChI is InChI=1S/C50H32N6/c1-3-13-35(14-4-1)55-45-21-9-7-19-43(45)53-49(55)41-29-27-37(47-39(41)17-11-31-51-47)33-23-25-34(26-24-33)38-28-30-42(40-18-12-32-52-48(38)40)50-54-44-20-8-10-22-46(44)56(50)36-15-5-2-6-16-36/h1-32H. The molecule has 0 spiro atoms. The SMILES string of the molecule is c1ccc(-n2c(-c3ccc(-c4ccc(-c5ccc(-c6nc7ccccc7n6-c6ccccc6)c6cccnc56)cc4)c4ncccc34)nc3ccccc32)cc1. The lowest BCUT2D eigenvalue weighted by molar-refractivity contribution is 1.10. The number of nitrogens with zero attached hydrogens (tertiary/aromatic N) is 6. The van der Waals surface area contributed by atoms with Crippen molar-refractivity contribution in [2.45, 2.75) is 0 Å². The first kappa shape index (κ1) is 31.8. The zero-order chi connectivity index (χ0) is 37.0. The molecule has 0 aliphatic heterocycles. The number of aromatic nitrogens is 6. The van der Waals surface area contributed by atoms with Crippen LogP contribution in [0.15, 0.2) is 194 Å². The van der Waals surface area contributed by atoms with Crippen molar-refractivity contribution in [2.24, 2.45) is 0 Å². The summed E-state index contributed by atoms with van der Waals surface area (Å²) in [6.45, 7) is 0. The lowest BCUT2D eigenvalue weighted by atomic mass is 9.94. The molecule has 262 valence electrons. The number of pyridine rings is 2. The third-order valence-corrected chi connectivity index (χ3v) is 10.7. The highest BCUT2D eigenvalue weighted by Gasteiger charge is 2.20. The number of fused-ring (bicyclic) bond motifs is 4. The number of para-hydroxylation sites is 6. The molecule has 11 rings (SSSR count). The maximum absolute atomic E-state index is 5.16. The molecule has 0 unspecified atom stereocenters. The van der Waals surface area contributed by atoms with Gasteiger partial charge in [-0.1, -0.05) is 109 Å². The first-order chi connectivity index (χ1) is 27.8. The van der Waals surface area contributed by atoms with E-state index >= 15 is 0 Å². The highest BCUT2D eigenvalue weighted by atomic mass is 15.1. The van der Waals surface area contributed by atoms with Crippen LogP contribution in [0.2, 0.25) is 0 Å². The van der Waals surface area contributed by atoms with Crippen LogP contribution in [0.25, 0.3) is 100 Å². The Labute approximate surface area is 322 Å². The summed E-state index contributed by atoms with van der Waals surface area (Å²) in [5, 5.41) is 2.10. The van der Waals surface area contributed by atoms with Crippen LogP contribution in [-0.2, 0) is 0 Å². The highest BCUT2D eigenvalue weighted by Crippen LogP contribution is 2.40. The summed E-state index contributed by atoms with van der Waals surface area (Å²) in [6, 6.07) is 63.3. The second kappa shape index (κ2) is 13.0. The minimum Gasteiger partial charge on any atom is -0.292 e. The van der Waals surface area contributed by atoms with Gasteiger partial charge in [-0.2, -0.15) is 0 Å². The van der Waals surface area contributed by atoms with Crippen LogP contribution in [-0.4, -0.2) is 29.1 Å². The van der Waals surface area contributed by atoms with Crippen molar-refractivity contribution in [3.63, 3.8) is 0 Å². The molecule has 0 saturated heterocycles. The zero-order valence-electron chi connectivity index (χ0n) is 30.2. The first-order valence-corrected chi connectivity index (χ1v) is 18.7. The molecule has 0 aliphatic rings. The van der Waals surface area contributed by atoms with Gasteiger partial charge >= 0.3 is 0 Å². The van der Waals surface area contributed by atoms with Crippen molar-refractivity contribution < 1.29 is 0 Å². The van der Waals surface area contributed by atoms with Crippen molar-refractivity contribution in [3.8, 4) is 56.4 Å². The summed E-state index contributed by atoms with van der Waals surface area (Å²) in [5.74, 6) is 1.78. The van der Waals surface area contributed by atoms with Crippen molar-refractivity contribution in [1.29, 1.82) is 0 Å². The summed E-state index contributed by atoms with van der Waals surface area (Å²) >= 11 is 0. The Kier molecular flexibility index (Phi) is 7.38. The predicted octanol–water partition coefficient (Wildman–Crippen LogP) is 12.1. The molecule has 6 nitrogen and oxygen atoms in total. The summed E-state index contributed by atoms with van der Waals surface area (Å²) < 4.78 is 4.49. The smallest absolute Gasteiger partial charge is 0.146 e. The maximum Gasteiger partial charge on any atom is 0.146 e. The van der Waals surface area contributed by atoms with E-state index in [0.29, 0.717) is 0 Å². The molecule has 0 N–H and O–H groups in total. The van der Waals surface area contributed by atoms with Gasteiger partial charge in [0, 0.05) is 56.8 Å². The first-order valence-electron chi connectivity index (χ1n) is 18.7. The minimum absolute atomic E-state index is 0.888. The van der Waals surface area contributed by atoms with Gasteiger partial charge in [-0.05, 0) is 83.9 Å². The van der Waals surface area contributed by atoms with E-state index in [1.165, 1.54) is 0 Å². The normalized spacial score (nSPS) is 11.6. The molecule has 0 atom stereocenters. The molecule has 0 saturated carbocycles. The quantitative estimate of drug-likeness (QED) is 0.172. The highest BCUT2D eigenvalue weighted by molar-refractivity contribution is 6.05. The summed E-state index contributed by atoms with van der Waals surface area (Å²) in [5.41, 5.74) is 14.4. The lowest BCUT2D eigenvalue weighted by Crippen LogP contribution is -1.99. The number of hydrogen-bond acceptors (Lipinski definition) is 4. The van der Waals surface area contributed by atoms with Crippen LogP contribution in [0.5, 0.6) is 0 Å². The molecular formula is C50H32N6. The number of imidazole rings is 2. The van der Waals surface area contributed by atoms with Gasteiger partial charge < -0.3 is 0 Å². The number of benzene rings is 7. The largest absolute Gasteiger partial charge is 0.292 e. The Morgan fingerprint density at radius 3 is 1.16 bits per heavy atom. The van der Waals surface area contributed by atoms with E-state index in [-0.39, 0.29) is 0 Å². The fourth-order valence-corrected chi connectivity index (χ4v) is 8.12. The molecule has 0 aliphatic carbocycles. The molecule has 7 aromatic carbocycles. The third kappa shape index (κ3) is 5.11. The predicted molar refractivity (Wildman–Crippen MR) is 228 cm³/mol. The molecule has 0 bridgehead atoms. The Hall–Kier alpha value is -7.70. The van der Waals surface area contributed by atoms with E-state index < -0.39 is 0 Å². The van der Waals surface area contributed by atoms with Crippen molar-refractivity contribution >= 4 is 43.9 Å². The van der Waals surface area contributed by atoms with Crippen LogP contribution in [0, 0.1) is 0 Å². The van der Waals surface area contributed by atoms with Gasteiger partial charge in [-0.3, -0.25) is 19.1 Å². The van der Waals surface area contributed by atoms with Gasteiger partial charge in [0.15, 0.2) is 0 Å². The monoisotopic (exact) mass is 716 g/mol. The van der Waals surface area contributed by atoms with Gasteiger partial charge in [-0.15, -0.1) is 0 Å². The van der Waals surface area contributed by atoms with Crippen LogP contribution < -0.4 is 0 Å². The van der Waals surface area contributed by atoms with Crippen molar-refractivity contribution in [1.82, 2.24) is 29.1 Å². The fourth-order valence-electron chi connectivity index (χ4n) is 8.12. The third-order valence-electron chi connectivity index (χ3n) is 10.7. The van der Waals surface area contributed by atoms with E-state index in [1.807, 2.05) is 48.8 Å². The lowest BCUT2D eigenvalue weighted by Gasteiger charge is -2.15. The van der Waals surface area contributed by atoms with Gasteiger partial charge in [0.2, 0.25) is 0 Å². The molecule has 11 aromatic rings. The van der Waals surface area contributed by atoms with Crippen LogP contribution >= 0.6 is 0 Å². The van der Waals surface area contributed by atoms with Gasteiger partial charge in [0.05, 0.1) is 33.1 Å². The Morgan fingerprint density at radius 2 is 0.714 bits per heavy atom. The molecule has 0 fully saturated rings. The molecule has 4 heterocycles. The molecule has 0 amide bonds. The Morgan fingerprint density at radius 1 is 0.321 bits per heavy atom. The zero-order valence-corrected chi connectivity index (χ0v) is 30.2. The number of rotatable bonds is 6. The van der Waals surface area contributed by atoms with Crippen LogP contribution in [0.3, 0.4) is 0 Å². The molecule has 56 heavy (non-hydrogen) atoms. The van der Waals surface area contributed by atoms with E-state index in [4.69, 9.17) is 19.9 Å². The second-order valence-corrected chi connectivity index (χ2v) is 13.9. The van der Waals surface area contributed by atoms with E-state index in [9.17, 15) is 0 Å². The minimum atomic E-state index is 0.888. The van der Waals surface area contributed by atoms with Gasteiger partial charge in [-0.25, -0.2) is 9.97 Å². The summed E-state index contributed by atoms with van der Waals surface area (Å²) in [7, 11) is 0. The van der Waals surface area contributed by atoms with Gasteiger partial charge in [0.1, 0.15) is 11.6 Å². The van der Waals surface area contributed by atoms with E-state index in [2.05, 4.69) is 155 Å². The number of hydrogen-bond donors (Lipinski definition) is 0. The average molecular weight is 717 g/mol. The van der Waals surface area contributed by atoms with E-state index in [1.54, 1.807) is 0 Å². The Bertz CT molecular complexity index is 3020. The van der Waals surface area contributed by atoms with Crippen molar-refractivity contribution in [3.05, 3.63) is 194 Å². The van der Waals surface area contributed by atoms with Crippen molar-refractivity contribution in [2.75, 3.05) is 0 Å². The summed E-state index contributed by atoms with van der Waals surface area (Å²) in [6.07, 6.45) is 3.74. The molecule has 4 aromatic heterocycles. The maximum atomic E-state index is 5.16. The van der Waals surface area contributed by atoms with E-state index in [0.717, 1.165) is 100 Å². The average Bonchev–Trinajstić information content (AvgIpc) is 3.86. The molecule has 6 heteroatoms. The second-order valence-electron chi connectivity index (χ2n) is 13.9. The summed E-state index contributed by atoms with van der Waals surface area (Å²) in [4.78, 5) is 20.2. The topological polar surface area (TPSA) is 61.4 Å². The molecular weight excluding hydrogens is 685 g/mol. The fraction of sp³-hybridized carbons (Fsp3) is 0. The van der Waals surface area contributed by atoms with Crippen LogP contribution in [0.1, 0.15) is 0 Å². The molecule has 0 radical (unpaired) electrons.